The summed E-state index contributed by atoms with van der Waals surface area (Å²) in [4.78, 5) is 13.8. The number of methoxy groups -OCH3 is 1. The maximum absolute atomic E-state index is 12.1. The van der Waals surface area contributed by atoms with Gasteiger partial charge in [-0.25, -0.2) is 0 Å². The highest BCUT2D eigenvalue weighted by Crippen LogP contribution is 2.44. The third-order valence-corrected chi connectivity index (χ3v) is 4.37. The van der Waals surface area contributed by atoms with E-state index in [9.17, 15) is 9.90 Å². The van der Waals surface area contributed by atoms with Crippen LogP contribution in [-0.4, -0.2) is 41.7 Å². The molecule has 1 aromatic rings. The van der Waals surface area contributed by atoms with Crippen molar-refractivity contribution in [1.82, 2.24) is 4.90 Å². The molecule has 112 valence electrons. The molecular formula is C17H21NO3. The number of carbonyl (C=O) groups is 1. The molecule has 1 saturated heterocycles. The van der Waals surface area contributed by atoms with Crippen LogP contribution in [0.5, 0.6) is 5.75 Å². The fourth-order valence-electron chi connectivity index (χ4n) is 2.90. The number of hydrogen-bond acceptors (Lipinski definition) is 3. The number of hydrogen-bond donors (Lipinski definition) is 1. The van der Waals surface area contributed by atoms with Gasteiger partial charge in [0.25, 0.3) is 0 Å². The normalized spacial score (nSPS) is 20.4. The minimum Gasteiger partial charge on any atom is -0.496 e. The molecule has 1 aromatic carbocycles. The molecule has 0 atom stereocenters. The molecule has 2 aliphatic rings. The average Bonchev–Trinajstić information content (AvgIpc) is 3.26. The molecular weight excluding hydrogens is 266 g/mol. The Morgan fingerprint density at radius 1 is 1.43 bits per heavy atom. The summed E-state index contributed by atoms with van der Waals surface area (Å²) in [6.07, 6.45) is 5.52. The van der Waals surface area contributed by atoms with Crippen LogP contribution in [0, 0.1) is 12.8 Å². The Morgan fingerprint density at radius 3 is 2.76 bits per heavy atom. The minimum absolute atomic E-state index is 0.0520. The van der Waals surface area contributed by atoms with Gasteiger partial charge in [-0.05, 0) is 43.9 Å². The van der Waals surface area contributed by atoms with Crippen LogP contribution >= 0.6 is 0 Å². The molecule has 1 amide bonds. The van der Waals surface area contributed by atoms with Crippen molar-refractivity contribution in [2.75, 3.05) is 20.2 Å². The zero-order valence-electron chi connectivity index (χ0n) is 12.5. The van der Waals surface area contributed by atoms with Crippen LogP contribution in [0.15, 0.2) is 24.3 Å². The monoisotopic (exact) mass is 287 g/mol. The van der Waals surface area contributed by atoms with Crippen LogP contribution in [0.1, 0.15) is 24.0 Å². The SMILES string of the molecule is COc1ccc(C)cc1C=CC(=O)N1CC(O)(C2CC2)C1. The highest BCUT2D eigenvalue weighted by molar-refractivity contribution is 5.93. The van der Waals surface area contributed by atoms with E-state index in [-0.39, 0.29) is 5.91 Å². The third-order valence-electron chi connectivity index (χ3n) is 4.37. The third kappa shape index (κ3) is 2.81. The van der Waals surface area contributed by atoms with E-state index in [1.165, 1.54) is 0 Å². The van der Waals surface area contributed by atoms with E-state index >= 15 is 0 Å². The minimum atomic E-state index is -0.621. The van der Waals surface area contributed by atoms with Crippen LogP contribution in [0.25, 0.3) is 6.08 Å². The summed E-state index contributed by atoms with van der Waals surface area (Å²) in [6.45, 7) is 2.93. The summed E-state index contributed by atoms with van der Waals surface area (Å²) in [5, 5.41) is 10.2. The van der Waals surface area contributed by atoms with Crippen molar-refractivity contribution in [3.63, 3.8) is 0 Å². The quantitative estimate of drug-likeness (QED) is 0.862. The van der Waals surface area contributed by atoms with E-state index in [1.54, 1.807) is 24.2 Å². The number of likely N-dealkylation sites (tertiary alicyclic amines) is 1. The Morgan fingerprint density at radius 2 is 2.14 bits per heavy atom. The van der Waals surface area contributed by atoms with Crippen molar-refractivity contribution in [3.05, 3.63) is 35.4 Å². The maximum Gasteiger partial charge on any atom is 0.246 e. The molecule has 0 bridgehead atoms. The zero-order chi connectivity index (χ0) is 15.0. The second kappa shape index (κ2) is 5.19. The first-order chi connectivity index (χ1) is 10.0. The van der Waals surface area contributed by atoms with Crippen molar-refractivity contribution in [2.24, 2.45) is 5.92 Å². The Bertz CT molecular complexity index is 584. The van der Waals surface area contributed by atoms with Gasteiger partial charge in [-0.3, -0.25) is 4.79 Å². The molecule has 1 heterocycles. The van der Waals surface area contributed by atoms with E-state index < -0.39 is 5.60 Å². The summed E-state index contributed by atoms with van der Waals surface area (Å²) in [5.41, 5.74) is 1.39. The first-order valence-electron chi connectivity index (χ1n) is 7.36. The molecule has 0 aromatic heterocycles. The van der Waals surface area contributed by atoms with E-state index in [1.807, 2.05) is 25.1 Å². The lowest BCUT2D eigenvalue weighted by Gasteiger charge is -2.46. The molecule has 0 unspecified atom stereocenters. The summed E-state index contributed by atoms with van der Waals surface area (Å²) in [7, 11) is 1.62. The van der Waals surface area contributed by atoms with Gasteiger partial charge in [0.2, 0.25) is 5.91 Å². The Kier molecular flexibility index (Phi) is 3.49. The lowest BCUT2D eigenvalue weighted by molar-refractivity contribution is -0.154. The van der Waals surface area contributed by atoms with E-state index in [0.29, 0.717) is 19.0 Å². The highest BCUT2D eigenvalue weighted by Gasteiger charge is 2.52. The number of ether oxygens (including phenoxy) is 1. The largest absolute Gasteiger partial charge is 0.496 e. The fraction of sp³-hybridized carbons (Fsp3) is 0.471. The van der Waals surface area contributed by atoms with Gasteiger partial charge >= 0.3 is 0 Å². The molecule has 1 aliphatic heterocycles. The topological polar surface area (TPSA) is 49.8 Å². The van der Waals surface area contributed by atoms with Crippen molar-refractivity contribution >= 4 is 12.0 Å². The predicted octanol–water partition coefficient (Wildman–Crippen LogP) is 2.00. The summed E-state index contributed by atoms with van der Waals surface area (Å²) >= 11 is 0. The van der Waals surface area contributed by atoms with Crippen LogP contribution in [0.4, 0.5) is 0 Å². The maximum atomic E-state index is 12.1. The number of aryl methyl sites for hydroxylation is 1. The fourth-order valence-corrected chi connectivity index (χ4v) is 2.90. The van der Waals surface area contributed by atoms with Crippen LogP contribution in [0.3, 0.4) is 0 Å². The van der Waals surface area contributed by atoms with Crippen molar-refractivity contribution in [3.8, 4) is 5.75 Å². The van der Waals surface area contributed by atoms with Crippen molar-refractivity contribution < 1.29 is 14.6 Å². The molecule has 2 fully saturated rings. The lowest BCUT2D eigenvalue weighted by atomic mass is 9.88. The number of benzene rings is 1. The Balaban J connectivity index is 1.64. The molecule has 1 N–H and O–H groups in total. The summed E-state index contributed by atoms with van der Waals surface area (Å²) in [5.74, 6) is 1.11. The molecule has 1 aliphatic carbocycles. The second-order valence-electron chi connectivity index (χ2n) is 6.15. The zero-order valence-corrected chi connectivity index (χ0v) is 12.5. The van der Waals surface area contributed by atoms with Crippen molar-refractivity contribution in [2.45, 2.75) is 25.4 Å². The highest BCUT2D eigenvalue weighted by atomic mass is 16.5. The van der Waals surface area contributed by atoms with Gasteiger partial charge in [0, 0.05) is 11.6 Å². The molecule has 0 spiro atoms. The van der Waals surface area contributed by atoms with Gasteiger partial charge in [-0.2, -0.15) is 0 Å². The van der Waals surface area contributed by atoms with Gasteiger partial charge in [0.15, 0.2) is 0 Å². The predicted molar refractivity (Wildman–Crippen MR) is 81.0 cm³/mol. The number of rotatable bonds is 4. The van der Waals surface area contributed by atoms with Gasteiger partial charge in [0.1, 0.15) is 11.4 Å². The number of β-amino-alcohol motifs (C(OH)–C–C–N with tert-alkyl or cyclic N) is 1. The van der Waals surface area contributed by atoms with E-state index in [2.05, 4.69) is 0 Å². The van der Waals surface area contributed by atoms with Gasteiger partial charge in [-0.1, -0.05) is 11.6 Å². The molecule has 3 rings (SSSR count). The number of aliphatic hydroxyl groups is 1. The first-order valence-corrected chi connectivity index (χ1v) is 7.36. The molecule has 1 saturated carbocycles. The first kappa shape index (κ1) is 14.1. The Hall–Kier alpha value is -1.81. The number of nitrogens with zero attached hydrogens (tertiary/aromatic N) is 1. The average molecular weight is 287 g/mol. The Labute approximate surface area is 125 Å². The van der Waals surface area contributed by atoms with Gasteiger partial charge in [0.05, 0.1) is 20.2 Å². The smallest absolute Gasteiger partial charge is 0.246 e. The van der Waals surface area contributed by atoms with Crippen LogP contribution < -0.4 is 4.74 Å². The molecule has 4 nitrogen and oxygen atoms in total. The summed E-state index contributed by atoms with van der Waals surface area (Å²) in [6, 6.07) is 5.86. The van der Waals surface area contributed by atoms with Gasteiger partial charge in [-0.15, -0.1) is 0 Å². The standard InChI is InChI=1S/C17H21NO3/c1-12-3-7-15(21-2)13(9-12)4-8-16(19)18-10-17(20,11-18)14-5-6-14/h3-4,7-9,14,20H,5-6,10-11H2,1-2H3. The van der Waals surface area contributed by atoms with Crippen molar-refractivity contribution in [1.29, 1.82) is 0 Å². The molecule has 4 heteroatoms. The summed E-state index contributed by atoms with van der Waals surface area (Å²) < 4.78 is 5.29. The number of carbonyl (C=O) groups excluding carboxylic acids is 1. The number of amides is 1. The lowest BCUT2D eigenvalue weighted by Crippen LogP contribution is -2.64. The van der Waals surface area contributed by atoms with Crippen LogP contribution in [0.2, 0.25) is 0 Å². The van der Waals surface area contributed by atoms with E-state index in [0.717, 1.165) is 29.7 Å². The van der Waals surface area contributed by atoms with Crippen LogP contribution in [-0.2, 0) is 4.79 Å². The van der Waals surface area contributed by atoms with E-state index in [4.69, 9.17) is 4.74 Å². The van der Waals surface area contributed by atoms with Gasteiger partial charge < -0.3 is 14.7 Å². The molecule has 21 heavy (non-hydrogen) atoms. The molecule has 0 radical (unpaired) electrons. The second-order valence-corrected chi connectivity index (χ2v) is 6.15.